The smallest absolute Gasteiger partial charge is 0.308 e. The molecule has 2 heterocycles. The molecule has 0 radical (unpaired) electrons. The van der Waals surface area contributed by atoms with Gasteiger partial charge in [0, 0.05) is 23.7 Å². The number of halogens is 1. The lowest BCUT2D eigenvalue weighted by molar-refractivity contribution is -0.148. The maximum Gasteiger partial charge on any atom is 0.308 e. The fourth-order valence-electron chi connectivity index (χ4n) is 2.92. The van der Waals surface area contributed by atoms with Gasteiger partial charge in [-0.25, -0.2) is 4.68 Å². The van der Waals surface area contributed by atoms with E-state index in [0.717, 1.165) is 5.56 Å². The van der Waals surface area contributed by atoms with Gasteiger partial charge in [0.1, 0.15) is 0 Å². The molecule has 1 aliphatic heterocycles. The number of amides is 1. The standard InChI is InChI=1S/C17H20ClN5O3S/c1-26-16(25)12-6-8-22(9-7-12)14(24)10-27-17-21-20-15(23(17)19)11-2-4-13(18)5-3-11/h2-5,12H,6-10,19H2,1H3. The molecule has 0 unspecified atom stereocenters. The summed E-state index contributed by atoms with van der Waals surface area (Å²) >= 11 is 7.13. The molecule has 0 bridgehead atoms. The van der Waals surface area contributed by atoms with Crippen LogP contribution in [0.2, 0.25) is 5.02 Å². The van der Waals surface area contributed by atoms with Gasteiger partial charge in [-0.2, -0.15) is 0 Å². The predicted molar refractivity (Wildman–Crippen MR) is 103 cm³/mol. The zero-order valence-corrected chi connectivity index (χ0v) is 16.4. The zero-order valence-electron chi connectivity index (χ0n) is 14.8. The molecule has 1 aliphatic rings. The minimum absolute atomic E-state index is 0.0145. The van der Waals surface area contributed by atoms with Crippen LogP contribution in [0.1, 0.15) is 12.8 Å². The first-order valence-electron chi connectivity index (χ1n) is 8.44. The van der Waals surface area contributed by atoms with Crippen LogP contribution >= 0.6 is 23.4 Å². The van der Waals surface area contributed by atoms with E-state index in [1.54, 1.807) is 29.2 Å². The zero-order chi connectivity index (χ0) is 19.4. The van der Waals surface area contributed by atoms with Crippen LogP contribution in [0.15, 0.2) is 29.4 Å². The van der Waals surface area contributed by atoms with E-state index in [2.05, 4.69) is 10.2 Å². The highest BCUT2D eigenvalue weighted by Crippen LogP contribution is 2.24. The van der Waals surface area contributed by atoms with Crippen LogP contribution in [0.4, 0.5) is 0 Å². The molecule has 0 saturated carbocycles. The largest absolute Gasteiger partial charge is 0.469 e. The van der Waals surface area contributed by atoms with Gasteiger partial charge in [-0.3, -0.25) is 9.59 Å². The number of esters is 1. The van der Waals surface area contributed by atoms with Crippen molar-refractivity contribution in [3.63, 3.8) is 0 Å². The summed E-state index contributed by atoms with van der Waals surface area (Å²) in [6.45, 7) is 1.09. The van der Waals surface area contributed by atoms with Gasteiger partial charge in [-0.05, 0) is 37.1 Å². The van der Waals surface area contributed by atoms with Crippen molar-refractivity contribution in [3.8, 4) is 11.4 Å². The van der Waals surface area contributed by atoms with E-state index in [9.17, 15) is 9.59 Å². The van der Waals surface area contributed by atoms with E-state index in [1.165, 1.54) is 23.5 Å². The number of thioether (sulfide) groups is 1. The minimum atomic E-state index is -0.206. The number of methoxy groups -OCH3 is 1. The molecule has 1 aromatic heterocycles. The van der Waals surface area contributed by atoms with Gasteiger partial charge in [-0.15, -0.1) is 10.2 Å². The van der Waals surface area contributed by atoms with Gasteiger partial charge in [-0.1, -0.05) is 23.4 Å². The number of piperidine rings is 1. The third-order valence-electron chi connectivity index (χ3n) is 4.47. The van der Waals surface area contributed by atoms with Crippen molar-refractivity contribution in [1.29, 1.82) is 0 Å². The average Bonchev–Trinajstić information content (AvgIpc) is 3.06. The van der Waals surface area contributed by atoms with Gasteiger partial charge in [0.2, 0.25) is 11.1 Å². The van der Waals surface area contributed by atoms with Crippen LogP contribution in [0.3, 0.4) is 0 Å². The summed E-state index contributed by atoms with van der Waals surface area (Å²) in [6, 6.07) is 7.11. The van der Waals surface area contributed by atoms with Crippen molar-refractivity contribution < 1.29 is 14.3 Å². The molecular formula is C17H20ClN5O3S. The SMILES string of the molecule is COC(=O)C1CCN(C(=O)CSc2nnc(-c3ccc(Cl)cc3)n2N)CC1. The Balaban J connectivity index is 1.55. The molecule has 0 spiro atoms. The van der Waals surface area contributed by atoms with Crippen molar-refractivity contribution in [2.24, 2.45) is 5.92 Å². The second-order valence-electron chi connectivity index (χ2n) is 6.15. The number of nitrogens with two attached hydrogens (primary N) is 1. The summed E-state index contributed by atoms with van der Waals surface area (Å²) in [5.74, 6) is 6.43. The lowest BCUT2D eigenvalue weighted by Crippen LogP contribution is -2.41. The first-order chi connectivity index (χ1) is 13.0. The summed E-state index contributed by atoms with van der Waals surface area (Å²) < 4.78 is 6.13. The Labute approximate surface area is 166 Å². The Kier molecular flexibility index (Phi) is 6.22. The Morgan fingerprint density at radius 1 is 1.26 bits per heavy atom. The van der Waals surface area contributed by atoms with Crippen molar-refractivity contribution in [1.82, 2.24) is 19.8 Å². The Morgan fingerprint density at radius 2 is 1.93 bits per heavy atom. The molecule has 10 heteroatoms. The first kappa shape index (κ1) is 19.5. The third-order valence-corrected chi connectivity index (χ3v) is 5.65. The highest BCUT2D eigenvalue weighted by molar-refractivity contribution is 7.99. The molecule has 1 aromatic carbocycles. The van der Waals surface area contributed by atoms with Crippen LogP contribution in [0, 0.1) is 5.92 Å². The number of ether oxygens (including phenoxy) is 1. The third kappa shape index (κ3) is 4.54. The Bertz CT molecular complexity index is 818. The van der Waals surface area contributed by atoms with E-state index in [1.807, 2.05) is 0 Å². The summed E-state index contributed by atoms with van der Waals surface area (Å²) in [4.78, 5) is 25.7. The molecule has 2 aromatic rings. The van der Waals surface area contributed by atoms with E-state index in [0.29, 0.717) is 41.9 Å². The second-order valence-corrected chi connectivity index (χ2v) is 7.53. The van der Waals surface area contributed by atoms with Gasteiger partial charge < -0.3 is 15.5 Å². The molecule has 1 saturated heterocycles. The monoisotopic (exact) mass is 409 g/mol. The van der Waals surface area contributed by atoms with Gasteiger partial charge in [0.25, 0.3) is 0 Å². The minimum Gasteiger partial charge on any atom is -0.469 e. The molecule has 144 valence electrons. The second kappa shape index (κ2) is 8.62. The number of nitrogens with zero attached hydrogens (tertiary/aromatic N) is 4. The summed E-state index contributed by atoms with van der Waals surface area (Å²) in [6.07, 6.45) is 1.24. The molecule has 8 nitrogen and oxygen atoms in total. The number of benzene rings is 1. The van der Waals surface area contributed by atoms with E-state index in [4.69, 9.17) is 22.2 Å². The number of rotatable bonds is 5. The van der Waals surface area contributed by atoms with Crippen LogP contribution in [0.5, 0.6) is 0 Å². The van der Waals surface area contributed by atoms with E-state index >= 15 is 0 Å². The highest BCUT2D eigenvalue weighted by Gasteiger charge is 2.28. The molecule has 27 heavy (non-hydrogen) atoms. The normalized spacial score (nSPS) is 15.0. The van der Waals surface area contributed by atoms with Crippen molar-refractivity contribution in [2.75, 3.05) is 31.8 Å². The molecule has 1 fully saturated rings. The molecule has 0 aliphatic carbocycles. The molecule has 0 atom stereocenters. The molecule has 1 amide bonds. The van der Waals surface area contributed by atoms with Crippen LogP contribution in [-0.4, -0.2) is 57.6 Å². The maximum atomic E-state index is 12.4. The van der Waals surface area contributed by atoms with Crippen molar-refractivity contribution in [3.05, 3.63) is 29.3 Å². The fourth-order valence-corrected chi connectivity index (χ4v) is 3.81. The average molecular weight is 410 g/mol. The fraction of sp³-hybridized carbons (Fsp3) is 0.412. The van der Waals surface area contributed by atoms with Crippen LogP contribution in [-0.2, 0) is 14.3 Å². The number of carbonyl (C=O) groups excluding carboxylic acids is 2. The summed E-state index contributed by atoms with van der Waals surface area (Å²) in [5.41, 5.74) is 0.789. The number of carbonyl (C=O) groups is 2. The first-order valence-corrected chi connectivity index (χ1v) is 9.80. The highest BCUT2D eigenvalue weighted by atomic mass is 35.5. The number of hydrogen-bond acceptors (Lipinski definition) is 7. The van der Waals surface area contributed by atoms with Gasteiger partial charge in [0.05, 0.1) is 18.8 Å². The topological polar surface area (TPSA) is 103 Å². The van der Waals surface area contributed by atoms with Crippen LogP contribution < -0.4 is 5.84 Å². The number of aromatic nitrogens is 3. The predicted octanol–water partition coefficient (Wildman–Crippen LogP) is 1.82. The Morgan fingerprint density at radius 3 is 2.56 bits per heavy atom. The van der Waals surface area contributed by atoms with E-state index in [-0.39, 0.29) is 23.5 Å². The number of hydrogen-bond donors (Lipinski definition) is 1. The number of nitrogen functional groups attached to an aromatic ring is 1. The van der Waals surface area contributed by atoms with Crippen molar-refractivity contribution in [2.45, 2.75) is 18.0 Å². The Hall–Kier alpha value is -2.26. The quantitative estimate of drug-likeness (QED) is 0.456. The number of likely N-dealkylation sites (tertiary alicyclic amines) is 1. The maximum absolute atomic E-state index is 12.4. The van der Waals surface area contributed by atoms with Gasteiger partial charge in [0.15, 0.2) is 5.82 Å². The molecule has 2 N–H and O–H groups in total. The lowest BCUT2D eigenvalue weighted by atomic mass is 9.97. The molecular weight excluding hydrogens is 390 g/mol. The summed E-state index contributed by atoms with van der Waals surface area (Å²) in [7, 11) is 1.39. The lowest BCUT2D eigenvalue weighted by Gasteiger charge is -2.30. The summed E-state index contributed by atoms with van der Waals surface area (Å²) in [5, 5.41) is 9.24. The van der Waals surface area contributed by atoms with Gasteiger partial charge >= 0.3 is 5.97 Å². The van der Waals surface area contributed by atoms with E-state index < -0.39 is 0 Å². The van der Waals surface area contributed by atoms with Crippen molar-refractivity contribution >= 4 is 35.2 Å². The molecule has 3 rings (SSSR count). The van der Waals surface area contributed by atoms with Crippen LogP contribution in [0.25, 0.3) is 11.4 Å².